The van der Waals surface area contributed by atoms with E-state index in [1.54, 1.807) is 0 Å². The fourth-order valence-electron chi connectivity index (χ4n) is 0.616. The molecule has 0 N–H and O–H groups in total. The SMILES string of the molecule is C#CCOS(=O)(=O)O[SiH](C)OS(=O)(=O)OCC#C. The third kappa shape index (κ3) is 8.21. The van der Waals surface area contributed by atoms with E-state index in [4.69, 9.17) is 12.8 Å². The van der Waals surface area contributed by atoms with Gasteiger partial charge in [-0.3, -0.25) is 7.74 Å². The van der Waals surface area contributed by atoms with E-state index in [-0.39, 0.29) is 0 Å². The lowest BCUT2D eigenvalue weighted by Gasteiger charge is -2.10. The van der Waals surface area contributed by atoms with Crippen molar-refractivity contribution >= 4 is 30.1 Å². The van der Waals surface area contributed by atoms with Gasteiger partial charge in [0.05, 0.1) is 0 Å². The molecule has 0 bridgehead atoms. The molecule has 102 valence electrons. The van der Waals surface area contributed by atoms with Crippen LogP contribution in [0.2, 0.25) is 6.55 Å². The standard InChI is InChI=1S/C7H10O8S2Si/c1-4-6-12-16(8,9)14-18(3)15-17(10,11)13-7-5-2/h1-2,18H,6-7H2,3H3. The lowest BCUT2D eigenvalue weighted by Crippen LogP contribution is -2.28. The Bertz CT molecular complexity index is 487. The summed E-state index contributed by atoms with van der Waals surface area (Å²) in [5.74, 6) is 3.80. The smallest absolute Gasteiger partial charge is 0.265 e. The molecule has 0 aromatic rings. The summed E-state index contributed by atoms with van der Waals surface area (Å²) in [4.78, 5) is 0. The fraction of sp³-hybridized carbons (Fsp3) is 0.429. The van der Waals surface area contributed by atoms with Crippen molar-refractivity contribution in [3.8, 4) is 24.7 Å². The molecule has 0 aliphatic rings. The fourth-order valence-corrected chi connectivity index (χ4v) is 4.56. The highest BCUT2D eigenvalue weighted by molar-refractivity contribution is 7.84. The summed E-state index contributed by atoms with van der Waals surface area (Å²) in [6, 6.07) is 0. The van der Waals surface area contributed by atoms with Crippen molar-refractivity contribution in [3.05, 3.63) is 0 Å². The molecule has 18 heavy (non-hydrogen) atoms. The van der Waals surface area contributed by atoms with Crippen molar-refractivity contribution in [2.24, 2.45) is 0 Å². The normalized spacial score (nSPS) is 12.0. The van der Waals surface area contributed by atoms with Crippen molar-refractivity contribution < 1.29 is 32.9 Å². The Morgan fingerprint density at radius 2 is 1.28 bits per heavy atom. The van der Waals surface area contributed by atoms with E-state index >= 15 is 0 Å². The van der Waals surface area contributed by atoms with E-state index in [9.17, 15) is 16.8 Å². The molecule has 0 heterocycles. The molecule has 0 spiro atoms. The molecule has 0 saturated heterocycles. The summed E-state index contributed by atoms with van der Waals surface area (Å²) in [6.45, 7) is 0.0567. The van der Waals surface area contributed by atoms with Gasteiger partial charge in [-0.25, -0.2) is 8.37 Å². The minimum Gasteiger partial charge on any atom is -0.265 e. The molecule has 0 aromatic heterocycles. The van der Waals surface area contributed by atoms with Crippen molar-refractivity contribution in [1.82, 2.24) is 0 Å². The van der Waals surface area contributed by atoms with Gasteiger partial charge in [-0.2, -0.15) is 16.8 Å². The Balaban J connectivity index is 4.40. The van der Waals surface area contributed by atoms with E-state index < -0.39 is 43.3 Å². The molecule has 0 atom stereocenters. The Labute approximate surface area is 108 Å². The summed E-state index contributed by atoms with van der Waals surface area (Å²) in [5.41, 5.74) is 0. The Morgan fingerprint density at radius 1 is 0.944 bits per heavy atom. The predicted molar refractivity (Wildman–Crippen MR) is 62.6 cm³/mol. The second-order valence-corrected chi connectivity index (χ2v) is 7.29. The molecule has 11 heteroatoms. The van der Waals surface area contributed by atoms with Crippen molar-refractivity contribution in [1.29, 1.82) is 0 Å². The van der Waals surface area contributed by atoms with Gasteiger partial charge in [0.25, 0.3) is 0 Å². The van der Waals surface area contributed by atoms with Gasteiger partial charge in [0.1, 0.15) is 13.2 Å². The monoisotopic (exact) mass is 314 g/mol. The number of terminal acetylenes is 2. The van der Waals surface area contributed by atoms with Gasteiger partial charge in [-0.1, -0.05) is 11.8 Å². The van der Waals surface area contributed by atoms with Crippen LogP contribution in [0.1, 0.15) is 0 Å². The molecule has 0 aliphatic carbocycles. The van der Waals surface area contributed by atoms with E-state index in [1.165, 1.54) is 0 Å². The summed E-state index contributed by atoms with van der Waals surface area (Å²) < 4.78 is 61.1. The highest BCUT2D eigenvalue weighted by Gasteiger charge is 2.25. The summed E-state index contributed by atoms with van der Waals surface area (Å²) in [6.07, 6.45) is 9.55. The minimum absolute atomic E-state index is 0.538. The molecule has 0 aromatic carbocycles. The van der Waals surface area contributed by atoms with Gasteiger partial charge in [-0.05, 0) is 6.55 Å². The third-order valence-electron chi connectivity index (χ3n) is 1.08. The zero-order valence-corrected chi connectivity index (χ0v) is 12.0. The Hall–Kier alpha value is -0.923. The Morgan fingerprint density at radius 3 is 1.56 bits per heavy atom. The predicted octanol–water partition coefficient (Wildman–Crippen LogP) is -1.34. The number of rotatable bonds is 8. The van der Waals surface area contributed by atoms with Gasteiger partial charge in [0.2, 0.25) is 0 Å². The highest BCUT2D eigenvalue weighted by Crippen LogP contribution is 2.05. The van der Waals surface area contributed by atoms with Crippen molar-refractivity contribution in [3.63, 3.8) is 0 Å². The number of hydrogen-bond donors (Lipinski definition) is 0. The lowest BCUT2D eigenvalue weighted by molar-refractivity contribution is 0.272. The van der Waals surface area contributed by atoms with Crippen LogP contribution < -0.4 is 0 Å². The van der Waals surface area contributed by atoms with Gasteiger partial charge >= 0.3 is 30.1 Å². The van der Waals surface area contributed by atoms with Crippen LogP contribution >= 0.6 is 0 Å². The van der Waals surface area contributed by atoms with Crippen molar-refractivity contribution in [2.75, 3.05) is 13.2 Å². The second-order valence-electron chi connectivity index (χ2n) is 2.51. The van der Waals surface area contributed by atoms with Crippen LogP contribution in [0, 0.1) is 24.7 Å². The number of hydrogen-bond acceptors (Lipinski definition) is 8. The lowest BCUT2D eigenvalue weighted by atomic mass is 10.8. The zero-order valence-electron chi connectivity index (χ0n) is 9.23. The van der Waals surface area contributed by atoms with Crippen LogP contribution in [0.3, 0.4) is 0 Å². The van der Waals surface area contributed by atoms with Gasteiger partial charge in [-0.15, -0.1) is 12.8 Å². The third-order valence-corrected chi connectivity index (χ3v) is 5.95. The molecule has 0 fully saturated rings. The first kappa shape index (κ1) is 17.1. The maximum Gasteiger partial charge on any atom is 0.393 e. The first-order chi connectivity index (χ1) is 8.22. The highest BCUT2D eigenvalue weighted by atomic mass is 32.3. The first-order valence-electron chi connectivity index (χ1n) is 4.24. The van der Waals surface area contributed by atoms with Crippen LogP contribution in [-0.2, 0) is 36.9 Å². The van der Waals surface area contributed by atoms with Gasteiger partial charge in [0.15, 0.2) is 0 Å². The summed E-state index contributed by atoms with van der Waals surface area (Å²) in [5, 5.41) is 0. The quantitative estimate of drug-likeness (QED) is 0.400. The Kier molecular flexibility index (Phi) is 7.11. The topological polar surface area (TPSA) is 105 Å². The van der Waals surface area contributed by atoms with E-state index in [0.29, 0.717) is 0 Å². The second kappa shape index (κ2) is 7.50. The van der Waals surface area contributed by atoms with Crippen LogP contribution in [0.5, 0.6) is 0 Å². The van der Waals surface area contributed by atoms with Crippen LogP contribution in [0.15, 0.2) is 0 Å². The van der Waals surface area contributed by atoms with Crippen LogP contribution in [0.4, 0.5) is 0 Å². The molecule has 8 nitrogen and oxygen atoms in total. The maximum atomic E-state index is 11.0. The summed E-state index contributed by atoms with van der Waals surface area (Å²) in [7, 11) is -11.9. The van der Waals surface area contributed by atoms with Gasteiger partial charge in [0, 0.05) is 0 Å². The molecule has 0 saturated carbocycles. The first-order valence-corrected chi connectivity index (χ1v) is 9.01. The maximum absolute atomic E-state index is 11.0. The molecule has 0 aliphatic heterocycles. The largest absolute Gasteiger partial charge is 0.393 e. The minimum atomic E-state index is -4.40. The van der Waals surface area contributed by atoms with E-state index in [0.717, 1.165) is 6.55 Å². The van der Waals surface area contributed by atoms with E-state index in [2.05, 4.69) is 16.1 Å². The molecule has 0 radical (unpaired) electrons. The molecule has 0 unspecified atom stereocenters. The molecule has 0 rings (SSSR count). The zero-order chi connectivity index (χ0) is 14.2. The summed E-state index contributed by atoms with van der Waals surface area (Å²) >= 11 is 0. The van der Waals surface area contributed by atoms with Gasteiger partial charge < -0.3 is 0 Å². The molecule has 0 amide bonds. The molecular formula is C7H10O8S2Si. The average molecular weight is 314 g/mol. The van der Waals surface area contributed by atoms with E-state index in [1.807, 2.05) is 11.8 Å². The molecular weight excluding hydrogens is 304 g/mol. The average Bonchev–Trinajstić information content (AvgIpc) is 2.22. The van der Waals surface area contributed by atoms with Crippen molar-refractivity contribution in [2.45, 2.75) is 6.55 Å². The van der Waals surface area contributed by atoms with Crippen LogP contribution in [0.25, 0.3) is 0 Å². The van der Waals surface area contributed by atoms with Crippen LogP contribution in [-0.4, -0.2) is 39.3 Å².